The topological polar surface area (TPSA) is 67.5 Å². The van der Waals surface area contributed by atoms with Crippen LogP contribution in [0.1, 0.15) is 23.0 Å². The third kappa shape index (κ3) is 3.92. The van der Waals surface area contributed by atoms with Gasteiger partial charge in [-0.15, -0.1) is 0 Å². The summed E-state index contributed by atoms with van der Waals surface area (Å²) in [6.45, 7) is 1.87. The van der Waals surface area contributed by atoms with Gasteiger partial charge in [-0.25, -0.2) is 5.43 Å². The number of amides is 1. The van der Waals surface area contributed by atoms with E-state index in [0.717, 1.165) is 11.3 Å². The minimum absolute atomic E-state index is 0.274. The van der Waals surface area contributed by atoms with E-state index in [1.54, 1.807) is 37.0 Å². The van der Waals surface area contributed by atoms with Gasteiger partial charge in [0.05, 0.1) is 12.5 Å². The van der Waals surface area contributed by atoms with Crippen LogP contribution in [0.2, 0.25) is 0 Å². The lowest BCUT2D eigenvalue weighted by molar-refractivity contribution is 0.0955. The molecule has 5 nitrogen and oxygen atoms in total. The molecule has 2 rings (SSSR count). The van der Waals surface area contributed by atoms with Crippen molar-refractivity contribution < 1.29 is 9.21 Å². The number of furan rings is 1. The van der Waals surface area contributed by atoms with E-state index in [1.807, 2.05) is 25.1 Å². The summed E-state index contributed by atoms with van der Waals surface area (Å²) in [6.07, 6.45) is 8.09. The lowest BCUT2D eigenvalue weighted by atomic mass is 10.2. The Morgan fingerprint density at radius 3 is 2.84 bits per heavy atom. The van der Waals surface area contributed by atoms with Crippen molar-refractivity contribution in [3.8, 4) is 0 Å². The molecule has 2 heterocycles. The van der Waals surface area contributed by atoms with Crippen molar-refractivity contribution in [3.63, 3.8) is 0 Å². The Balaban J connectivity index is 1.92. The molecule has 5 heteroatoms. The summed E-state index contributed by atoms with van der Waals surface area (Å²) in [5.41, 5.74) is 3.82. The first-order valence-corrected chi connectivity index (χ1v) is 5.71. The molecule has 0 radical (unpaired) electrons. The van der Waals surface area contributed by atoms with Gasteiger partial charge in [0, 0.05) is 18.0 Å². The second-order valence-electron chi connectivity index (χ2n) is 3.84. The molecule has 1 amide bonds. The molecule has 0 aromatic carbocycles. The molecule has 0 saturated heterocycles. The van der Waals surface area contributed by atoms with Gasteiger partial charge >= 0.3 is 0 Å². The zero-order valence-corrected chi connectivity index (χ0v) is 10.4. The zero-order chi connectivity index (χ0) is 13.5. The number of carbonyl (C=O) groups is 1. The Bertz CT molecular complexity index is 586. The van der Waals surface area contributed by atoms with E-state index in [9.17, 15) is 4.79 Å². The van der Waals surface area contributed by atoms with Crippen LogP contribution >= 0.6 is 0 Å². The molecule has 96 valence electrons. The highest BCUT2D eigenvalue weighted by atomic mass is 16.3. The third-order valence-electron chi connectivity index (χ3n) is 2.29. The lowest BCUT2D eigenvalue weighted by Crippen LogP contribution is -2.17. The molecule has 0 aliphatic heterocycles. The van der Waals surface area contributed by atoms with Crippen molar-refractivity contribution in [2.45, 2.75) is 6.92 Å². The van der Waals surface area contributed by atoms with Crippen LogP contribution in [0.3, 0.4) is 0 Å². The van der Waals surface area contributed by atoms with E-state index < -0.39 is 0 Å². The molecule has 0 aliphatic rings. The minimum atomic E-state index is -0.274. The predicted molar refractivity (Wildman–Crippen MR) is 72.6 cm³/mol. The van der Waals surface area contributed by atoms with Gasteiger partial charge in [-0.3, -0.25) is 9.78 Å². The van der Waals surface area contributed by atoms with Gasteiger partial charge in [-0.2, -0.15) is 5.10 Å². The Morgan fingerprint density at radius 1 is 1.37 bits per heavy atom. The van der Waals surface area contributed by atoms with E-state index >= 15 is 0 Å². The van der Waals surface area contributed by atoms with Gasteiger partial charge in [0.25, 0.3) is 5.91 Å². The molecule has 0 unspecified atom stereocenters. The van der Waals surface area contributed by atoms with E-state index in [4.69, 9.17) is 4.42 Å². The summed E-state index contributed by atoms with van der Waals surface area (Å²) in [5.74, 6) is 0.467. The number of hydrogen-bond donors (Lipinski definition) is 1. The van der Waals surface area contributed by atoms with Gasteiger partial charge in [-0.1, -0.05) is 0 Å². The first kappa shape index (κ1) is 12.8. The predicted octanol–water partition coefficient (Wildman–Crippen LogP) is 2.49. The number of pyridine rings is 1. The van der Waals surface area contributed by atoms with Gasteiger partial charge in [-0.05, 0) is 42.8 Å². The molecule has 0 bridgehead atoms. The van der Waals surface area contributed by atoms with Crippen LogP contribution in [0.4, 0.5) is 0 Å². The van der Waals surface area contributed by atoms with Crippen LogP contribution < -0.4 is 5.43 Å². The Kier molecular flexibility index (Phi) is 4.23. The summed E-state index contributed by atoms with van der Waals surface area (Å²) < 4.78 is 5.17. The maximum absolute atomic E-state index is 11.7. The Hall–Kier alpha value is -2.69. The largest absolute Gasteiger partial charge is 0.465 e. The number of hydrogen-bond acceptors (Lipinski definition) is 4. The molecular formula is C14H13N3O2. The van der Waals surface area contributed by atoms with Gasteiger partial charge in [0.2, 0.25) is 0 Å². The van der Waals surface area contributed by atoms with Gasteiger partial charge in [0.15, 0.2) is 0 Å². The maximum Gasteiger partial charge on any atom is 0.271 e. The molecule has 0 saturated carbocycles. The van der Waals surface area contributed by atoms with Crippen molar-refractivity contribution >= 4 is 18.2 Å². The van der Waals surface area contributed by atoms with Crippen molar-refractivity contribution in [2.75, 3.05) is 0 Å². The average Bonchev–Trinajstić information content (AvgIpc) is 2.92. The van der Waals surface area contributed by atoms with Crippen molar-refractivity contribution in [1.82, 2.24) is 10.4 Å². The highest BCUT2D eigenvalue weighted by Crippen LogP contribution is 2.05. The smallest absolute Gasteiger partial charge is 0.271 e. The van der Waals surface area contributed by atoms with Crippen LogP contribution in [0.5, 0.6) is 0 Å². The molecular weight excluding hydrogens is 242 g/mol. The van der Waals surface area contributed by atoms with Crippen LogP contribution in [-0.4, -0.2) is 17.1 Å². The number of rotatable bonds is 4. The number of nitrogens with zero attached hydrogens (tertiary/aromatic N) is 2. The first-order valence-electron chi connectivity index (χ1n) is 5.71. The fraction of sp³-hybridized carbons (Fsp3) is 0.0714. The summed E-state index contributed by atoms with van der Waals surface area (Å²) in [7, 11) is 0. The lowest BCUT2D eigenvalue weighted by Gasteiger charge is -1.98. The Morgan fingerprint density at radius 2 is 2.16 bits per heavy atom. The SMILES string of the molecule is C/C(C=NNC(=O)c1ccncc1)=C/c1ccco1. The molecule has 0 fully saturated rings. The summed E-state index contributed by atoms with van der Waals surface area (Å²) >= 11 is 0. The molecule has 2 aromatic heterocycles. The quantitative estimate of drug-likeness (QED) is 0.674. The average molecular weight is 255 g/mol. The zero-order valence-electron chi connectivity index (χ0n) is 10.4. The number of aromatic nitrogens is 1. The number of carbonyl (C=O) groups excluding carboxylic acids is 1. The highest BCUT2D eigenvalue weighted by molar-refractivity contribution is 5.94. The highest BCUT2D eigenvalue weighted by Gasteiger charge is 2.01. The Labute approximate surface area is 110 Å². The van der Waals surface area contributed by atoms with Crippen LogP contribution in [-0.2, 0) is 0 Å². The number of hydrazone groups is 1. The van der Waals surface area contributed by atoms with Crippen LogP contribution in [0.15, 0.2) is 58.0 Å². The van der Waals surface area contributed by atoms with E-state index in [0.29, 0.717) is 5.56 Å². The van der Waals surface area contributed by atoms with Crippen molar-refractivity contribution in [2.24, 2.45) is 5.10 Å². The van der Waals surface area contributed by atoms with Crippen LogP contribution in [0.25, 0.3) is 6.08 Å². The van der Waals surface area contributed by atoms with Gasteiger partial charge < -0.3 is 4.42 Å². The van der Waals surface area contributed by atoms with E-state index in [-0.39, 0.29) is 5.91 Å². The second-order valence-corrected chi connectivity index (χ2v) is 3.84. The van der Waals surface area contributed by atoms with Crippen molar-refractivity contribution in [1.29, 1.82) is 0 Å². The standard InChI is InChI=1S/C14H13N3O2/c1-11(9-13-3-2-8-19-13)10-16-17-14(18)12-4-6-15-7-5-12/h2-10H,1H3,(H,17,18)/b11-9-,16-10?. The molecule has 0 atom stereocenters. The normalized spacial score (nSPS) is 11.7. The van der Waals surface area contributed by atoms with Gasteiger partial charge in [0.1, 0.15) is 5.76 Å². The summed E-state index contributed by atoms with van der Waals surface area (Å²) in [4.78, 5) is 15.5. The second kappa shape index (κ2) is 6.30. The molecule has 19 heavy (non-hydrogen) atoms. The molecule has 1 N–H and O–H groups in total. The fourth-order valence-corrected chi connectivity index (χ4v) is 1.40. The fourth-order valence-electron chi connectivity index (χ4n) is 1.40. The van der Waals surface area contributed by atoms with E-state index in [1.165, 1.54) is 0 Å². The number of nitrogens with one attached hydrogen (secondary N) is 1. The third-order valence-corrected chi connectivity index (χ3v) is 2.29. The monoisotopic (exact) mass is 255 g/mol. The first-order chi connectivity index (χ1) is 9.25. The van der Waals surface area contributed by atoms with Crippen LogP contribution in [0, 0.1) is 0 Å². The molecule has 0 spiro atoms. The summed E-state index contributed by atoms with van der Waals surface area (Å²) in [6, 6.07) is 6.89. The minimum Gasteiger partial charge on any atom is -0.465 e. The molecule has 0 aliphatic carbocycles. The molecule has 2 aromatic rings. The maximum atomic E-state index is 11.7. The number of allylic oxidation sites excluding steroid dienone is 1. The summed E-state index contributed by atoms with van der Waals surface area (Å²) in [5, 5.41) is 3.87. The van der Waals surface area contributed by atoms with E-state index in [2.05, 4.69) is 15.5 Å². The van der Waals surface area contributed by atoms with Crippen molar-refractivity contribution in [3.05, 3.63) is 59.8 Å².